The Morgan fingerprint density at radius 2 is 2.32 bits per heavy atom. The number of aryl methyl sites for hydroxylation is 1. The van der Waals surface area contributed by atoms with E-state index in [0.29, 0.717) is 11.5 Å². The molecular formula is C13H14N2O3S. The maximum atomic E-state index is 11.0. The Labute approximate surface area is 115 Å². The van der Waals surface area contributed by atoms with Gasteiger partial charge in [-0.05, 0) is 18.2 Å². The molecule has 6 heteroatoms. The van der Waals surface area contributed by atoms with Gasteiger partial charge in [-0.2, -0.15) is 0 Å². The number of carboxylic acids is 1. The molecule has 2 aromatic rings. The number of aromatic nitrogens is 2. The van der Waals surface area contributed by atoms with Crippen LogP contribution in [0.15, 0.2) is 35.7 Å². The number of rotatable bonds is 5. The maximum Gasteiger partial charge on any atom is 0.335 e. The normalized spacial score (nSPS) is 10.4. The number of thioether (sulfide) groups is 1. The average Bonchev–Trinajstić information content (AvgIpc) is 2.81. The summed E-state index contributed by atoms with van der Waals surface area (Å²) >= 11 is 1.54. The van der Waals surface area contributed by atoms with Gasteiger partial charge in [0.1, 0.15) is 5.75 Å². The SMILES string of the molecule is COc1ccc(C(=O)O)cc1CSc1nccn1C. The van der Waals surface area contributed by atoms with Crippen molar-refractivity contribution in [2.45, 2.75) is 10.9 Å². The topological polar surface area (TPSA) is 64.3 Å². The van der Waals surface area contributed by atoms with E-state index in [0.717, 1.165) is 10.7 Å². The number of methoxy groups -OCH3 is 1. The van der Waals surface area contributed by atoms with Crippen molar-refractivity contribution in [1.29, 1.82) is 0 Å². The molecule has 0 spiro atoms. The minimum Gasteiger partial charge on any atom is -0.496 e. The summed E-state index contributed by atoms with van der Waals surface area (Å²) in [6, 6.07) is 4.85. The van der Waals surface area contributed by atoms with Crippen LogP contribution in [0, 0.1) is 0 Å². The van der Waals surface area contributed by atoms with Crippen molar-refractivity contribution in [1.82, 2.24) is 9.55 Å². The molecule has 0 atom stereocenters. The lowest BCUT2D eigenvalue weighted by Crippen LogP contribution is -1.99. The van der Waals surface area contributed by atoms with E-state index in [1.165, 1.54) is 17.8 Å². The number of nitrogens with zero attached hydrogens (tertiary/aromatic N) is 2. The molecule has 0 saturated heterocycles. The summed E-state index contributed by atoms with van der Waals surface area (Å²) in [5.41, 5.74) is 1.10. The summed E-state index contributed by atoms with van der Waals surface area (Å²) in [4.78, 5) is 15.2. The van der Waals surface area contributed by atoms with E-state index in [1.54, 1.807) is 25.4 Å². The van der Waals surface area contributed by atoms with Crippen LogP contribution in [0.1, 0.15) is 15.9 Å². The minimum atomic E-state index is -0.939. The predicted molar refractivity (Wildman–Crippen MR) is 72.7 cm³/mol. The fourth-order valence-corrected chi connectivity index (χ4v) is 2.57. The first kappa shape index (κ1) is 13.5. The molecule has 100 valence electrons. The molecule has 0 fully saturated rings. The molecule has 1 heterocycles. The summed E-state index contributed by atoms with van der Waals surface area (Å²) in [6.45, 7) is 0. The van der Waals surface area contributed by atoms with E-state index in [2.05, 4.69) is 4.98 Å². The van der Waals surface area contributed by atoms with Gasteiger partial charge in [-0.25, -0.2) is 9.78 Å². The highest BCUT2D eigenvalue weighted by Gasteiger charge is 2.10. The Morgan fingerprint density at radius 1 is 1.53 bits per heavy atom. The lowest BCUT2D eigenvalue weighted by Gasteiger charge is -2.09. The quantitative estimate of drug-likeness (QED) is 0.851. The Kier molecular flexibility index (Phi) is 4.11. The standard InChI is InChI=1S/C13H14N2O3S/c1-15-6-5-14-13(15)19-8-10-7-9(12(16)17)3-4-11(10)18-2/h3-7H,8H2,1-2H3,(H,16,17). The average molecular weight is 278 g/mol. The van der Waals surface area contributed by atoms with E-state index in [-0.39, 0.29) is 5.56 Å². The molecule has 0 amide bonds. The number of benzene rings is 1. The van der Waals surface area contributed by atoms with Crippen molar-refractivity contribution >= 4 is 17.7 Å². The van der Waals surface area contributed by atoms with Crippen LogP contribution in [0.2, 0.25) is 0 Å². The van der Waals surface area contributed by atoms with Gasteiger partial charge in [-0.15, -0.1) is 0 Å². The van der Waals surface area contributed by atoms with E-state index in [4.69, 9.17) is 9.84 Å². The van der Waals surface area contributed by atoms with Crippen LogP contribution in [-0.4, -0.2) is 27.7 Å². The van der Waals surface area contributed by atoms with Crippen LogP contribution in [-0.2, 0) is 12.8 Å². The highest BCUT2D eigenvalue weighted by Crippen LogP contribution is 2.27. The van der Waals surface area contributed by atoms with E-state index >= 15 is 0 Å². The molecule has 1 aromatic heterocycles. The summed E-state index contributed by atoms with van der Waals surface area (Å²) < 4.78 is 7.16. The third-order valence-electron chi connectivity index (χ3n) is 2.66. The Morgan fingerprint density at radius 3 is 2.89 bits per heavy atom. The zero-order valence-electron chi connectivity index (χ0n) is 10.7. The lowest BCUT2D eigenvalue weighted by molar-refractivity contribution is 0.0696. The van der Waals surface area contributed by atoms with Crippen LogP contribution < -0.4 is 4.74 Å². The molecule has 0 aliphatic heterocycles. The largest absolute Gasteiger partial charge is 0.496 e. The number of carboxylic acid groups (broad SMARTS) is 1. The molecule has 0 saturated carbocycles. The molecule has 19 heavy (non-hydrogen) atoms. The van der Waals surface area contributed by atoms with Crippen molar-refractivity contribution < 1.29 is 14.6 Å². The second-order valence-corrected chi connectivity index (χ2v) is 4.88. The van der Waals surface area contributed by atoms with Gasteiger partial charge < -0.3 is 14.4 Å². The number of imidazole rings is 1. The first-order chi connectivity index (χ1) is 9.11. The first-order valence-electron chi connectivity index (χ1n) is 5.62. The third kappa shape index (κ3) is 3.08. The lowest BCUT2D eigenvalue weighted by atomic mass is 10.1. The van der Waals surface area contributed by atoms with Gasteiger partial charge in [-0.1, -0.05) is 11.8 Å². The Balaban J connectivity index is 2.20. The zero-order chi connectivity index (χ0) is 13.8. The second kappa shape index (κ2) is 5.79. The fourth-order valence-electron chi connectivity index (χ4n) is 1.66. The van der Waals surface area contributed by atoms with Crippen molar-refractivity contribution in [2.75, 3.05) is 7.11 Å². The minimum absolute atomic E-state index is 0.260. The van der Waals surface area contributed by atoms with Crippen LogP contribution in [0.3, 0.4) is 0 Å². The van der Waals surface area contributed by atoms with Crippen molar-refractivity contribution in [3.8, 4) is 5.75 Å². The van der Waals surface area contributed by atoms with Crippen molar-refractivity contribution in [2.24, 2.45) is 7.05 Å². The van der Waals surface area contributed by atoms with Gasteiger partial charge in [0.25, 0.3) is 0 Å². The number of hydrogen-bond acceptors (Lipinski definition) is 4. The molecule has 2 rings (SSSR count). The van der Waals surface area contributed by atoms with Gasteiger partial charge in [0.2, 0.25) is 0 Å². The summed E-state index contributed by atoms with van der Waals surface area (Å²) in [6.07, 6.45) is 3.60. The smallest absolute Gasteiger partial charge is 0.335 e. The first-order valence-corrected chi connectivity index (χ1v) is 6.60. The summed E-state index contributed by atoms with van der Waals surface area (Å²) in [5, 5.41) is 9.88. The van der Waals surface area contributed by atoms with Gasteiger partial charge in [-0.3, -0.25) is 0 Å². The molecular weight excluding hydrogens is 264 g/mol. The van der Waals surface area contributed by atoms with Gasteiger partial charge in [0.05, 0.1) is 12.7 Å². The fraction of sp³-hybridized carbons (Fsp3) is 0.231. The number of ether oxygens (including phenoxy) is 1. The molecule has 0 aliphatic carbocycles. The number of hydrogen-bond donors (Lipinski definition) is 1. The van der Waals surface area contributed by atoms with Gasteiger partial charge >= 0.3 is 5.97 Å². The molecule has 1 aromatic carbocycles. The number of carbonyl (C=O) groups is 1. The van der Waals surface area contributed by atoms with E-state index < -0.39 is 5.97 Å². The summed E-state index contributed by atoms with van der Waals surface area (Å²) in [7, 11) is 3.49. The van der Waals surface area contributed by atoms with Crippen LogP contribution >= 0.6 is 11.8 Å². The second-order valence-electron chi connectivity index (χ2n) is 3.94. The zero-order valence-corrected chi connectivity index (χ0v) is 11.5. The van der Waals surface area contributed by atoms with Crippen LogP contribution in [0.4, 0.5) is 0 Å². The summed E-state index contributed by atoms with van der Waals surface area (Å²) in [5.74, 6) is 0.354. The highest BCUT2D eigenvalue weighted by atomic mass is 32.2. The van der Waals surface area contributed by atoms with Crippen molar-refractivity contribution in [3.63, 3.8) is 0 Å². The third-order valence-corrected chi connectivity index (χ3v) is 3.77. The maximum absolute atomic E-state index is 11.0. The molecule has 0 aliphatic rings. The predicted octanol–water partition coefficient (Wildman–Crippen LogP) is 2.42. The van der Waals surface area contributed by atoms with E-state index in [1.807, 2.05) is 17.8 Å². The Bertz CT molecular complexity index is 595. The van der Waals surface area contributed by atoms with Gasteiger partial charge in [0.15, 0.2) is 5.16 Å². The number of aromatic carboxylic acids is 1. The van der Waals surface area contributed by atoms with Crippen molar-refractivity contribution in [3.05, 3.63) is 41.7 Å². The molecule has 5 nitrogen and oxygen atoms in total. The highest BCUT2D eigenvalue weighted by molar-refractivity contribution is 7.98. The van der Waals surface area contributed by atoms with E-state index in [9.17, 15) is 4.79 Å². The molecule has 0 radical (unpaired) electrons. The van der Waals surface area contributed by atoms with Crippen LogP contribution in [0.25, 0.3) is 0 Å². The molecule has 1 N–H and O–H groups in total. The monoisotopic (exact) mass is 278 g/mol. The van der Waals surface area contributed by atoms with Crippen LogP contribution in [0.5, 0.6) is 5.75 Å². The van der Waals surface area contributed by atoms with Gasteiger partial charge in [0, 0.05) is 30.8 Å². The molecule has 0 bridgehead atoms. The molecule has 0 unspecified atom stereocenters. The Hall–Kier alpha value is -1.95.